The number of alkyl halides is 2. The lowest BCUT2D eigenvalue weighted by molar-refractivity contribution is 0.151. The molecule has 0 radical (unpaired) electrons. The van der Waals surface area contributed by atoms with Crippen LogP contribution in [0.2, 0.25) is 0 Å². The summed E-state index contributed by atoms with van der Waals surface area (Å²) in [4.78, 5) is 0. The molecule has 0 heterocycles. The van der Waals surface area contributed by atoms with Gasteiger partial charge in [-0.25, -0.2) is 8.78 Å². The van der Waals surface area contributed by atoms with Crippen molar-refractivity contribution >= 4 is 0 Å². The van der Waals surface area contributed by atoms with Gasteiger partial charge < -0.3 is 11.1 Å². The van der Waals surface area contributed by atoms with E-state index in [9.17, 15) is 8.78 Å². The molecule has 17 heavy (non-hydrogen) atoms. The van der Waals surface area contributed by atoms with E-state index in [0.717, 1.165) is 24.9 Å². The van der Waals surface area contributed by atoms with Gasteiger partial charge in [-0.1, -0.05) is 24.3 Å². The number of nitrogens with one attached hydrogen (secondary N) is 1. The van der Waals surface area contributed by atoms with Gasteiger partial charge in [0.1, 0.15) is 0 Å². The van der Waals surface area contributed by atoms with E-state index in [-0.39, 0.29) is 11.1 Å². The fourth-order valence-electron chi connectivity index (χ4n) is 2.04. The minimum Gasteiger partial charge on any atom is -0.324 e. The third-order valence-corrected chi connectivity index (χ3v) is 3.39. The summed E-state index contributed by atoms with van der Waals surface area (Å²) in [5.74, 6) is 0. The molecule has 1 aromatic carbocycles. The van der Waals surface area contributed by atoms with Gasteiger partial charge in [0.2, 0.25) is 0 Å². The summed E-state index contributed by atoms with van der Waals surface area (Å²) in [6, 6.07) is 6.42. The molecule has 0 bridgehead atoms. The topological polar surface area (TPSA) is 38.0 Å². The highest BCUT2D eigenvalue weighted by molar-refractivity contribution is 5.23. The number of hydrogen-bond acceptors (Lipinski definition) is 2. The lowest BCUT2D eigenvalue weighted by Crippen LogP contribution is -2.53. The second kappa shape index (κ2) is 5.10. The van der Waals surface area contributed by atoms with Gasteiger partial charge in [0.15, 0.2) is 0 Å². The lowest BCUT2D eigenvalue weighted by atomic mass is 9.78. The summed E-state index contributed by atoms with van der Waals surface area (Å²) < 4.78 is 24.7. The third-order valence-electron chi connectivity index (χ3n) is 3.39. The molecule has 0 spiro atoms. The fourth-order valence-corrected chi connectivity index (χ4v) is 2.04. The second-order valence-electron chi connectivity index (χ2n) is 4.86. The van der Waals surface area contributed by atoms with Crippen LogP contribution in [0.1, 0.15) is 36.8 Å². The molecule has 1 saturated carbocycles. The molecule has 0 aromatic heterocycles. The zero-order valence-corrected chi connectivity index (χ0v) is 9.76. The van der Waals surface area contributed by atoms with E-state index < -0.39 is 6.43 Å². The second-order valence-corrected chi connectivity index (χ2v) is 4.86. The standard InChI is InChI=1S/C13H18F2N2/c14-12(15)11-4-2-10(3-5-11)8-17-9-13(16)6-1-7-13/h2-5,12,17H,1,6-9,16H2. The summed E-state index contributed by atoms with van der Waals surface area (Å²) >= 11 is 0. The maximum atomic E-state index is 12.3. The van der Waals surface area contributed by atoms with Crippen LogP contribution in [-0.2, 0) is 6.54 Å². The van der Waals surface area contributed by atoms with Crippen molar-refractivity contribution in [2.45, 2.75) is 37.8 Å². The van der Waals surface area contributed by atoms with Gasteiger partial charge in [-0.3, -0.25) is 0 Å². The minimum atomic E-state index is -2.39. The quantitative estimate of drug-likeness (QED) is 0.830. The molecule has 3 N–H and O–H groups in total. The van der Waals surface area contributed by atoms with Crippen molar-refractivity contribution in [2.24, 2.45) is 5.73 Å². The van der Waals surface area contributed by atoms with Crippen LogP contribution >= 0.6 is 0 Å². The van der Waals surface area contributed by atoms with Crippen molar-refractivity contribution in [3.8, 4) is 0 Å². The van der Waals surface area contributed by atoms with Gasteiger partial charge >= 0.3 is 0 Å². The van der Waals surface area contributed by atoms with E-state index in [1.807, 2.05) is 0 Å². The molecule has 94 valence electrons. The normalized spacial score (nSPS) is 18.1. The largest absolute Gasteiger partial charge is 0.324 e. The predicted molar refractivity (Wildman–Crippen MR) is 63.9 cm³/mol. The average molecular weight is 240 g/mol. The van der Waals surface area contributed by atoms with E-state index >= 15 is 0 Å². The molecule has 2 rings (SSSR count). The first-order chi connectivity index (χ1) is 8.09. The molecule has 0 unspecified atom stereocenters. The summed E-state index contributed by atoms with van der Waals surface area (Å²) in [5.41, 5.74) is 7.11. The molecule has 2 nitrogen and oxygen atoms in total. The van der Waals surface area contributed by atoms with Crippen molar-refractivity contribution < 1.29 is 8.78 Å². The van der Waals surface area contributed by atoms with E-state index in [1.165, 1.54) is 18.6 Å². The first-order valence-corrected chi connectivity index (χ1v) is 5.96. The Morgan fingerprint density at radius 2 is 1.88 bits per heavy atom. The maximum Gasteiger partial charge on any atom is 0.263 e. The molecule has 1 aromatic rings. The zero-order valence-electron chi connectivity index (χ0n) is 9.76. The Labute approximate surface area is 100 Å². The Kier molecular flexibility index (Phi) is 3.74. The van der Waals surface area contributed by atoms with Crippen LogP contribution < -0.4 is 11.1 Å². The molecule has 0 aliphatic heterocycles. The smallest absolute Gasteiger partial charge is 0.263 e. The minimum absolute atomic E-state index is 0.0388. The lowest BCUT2D eigenvalue weighted by Gasteiger charge is -2.38. The Morgan fingerprint density at radius 1 is 1.24 bits per heavy atom. The van der Waals surface area contributed by atoms with Gasteiger partial charge in [-0.15, -0.1) is 0 Å². The summed E-state index contributed by atoms with van der Waals surface area (Å²) in [7, 11) is 0. The van der Waals surface area contributed by atoms with Gasteiger partial charge in [0, 0.05) is 24.2 Å². The Morgan fingerprint density at radius 3 is 2.35 bits per heavy atom. The van der Waals surface area contributed by atoms with Crippen LogP contribution in [0.3, 0.4) is 0 Å². The van der Waals surface area contributed by atoms with Gasteiger partial charge in [0.05, 0.1) is 0 Å². The monoisotopic (exact) mass is 240 g/mol. The Hall–Kier alpha value is -1.00. The highest BCUT2D eigenvalue weighted by Gasteiger charge is 2.31. The van der Waals surface area contributed by atoms with Crippen molar-refractivity contribution in [1.82, 2.24) is 5.32 Å². The van der Waals surface area contributed by atoms with Crippen molar-refractivity contribution in [2.75, 3.05) is 6.54 Å². The first kappa shape index (κ1) is 12.5. The molecule has 1 fully saturated rings. The molecular weight excluding hydrogens is 222 g/mol. The van der Waals surface area contributed by atoms with E-state index in [0.29, 0.717) is 6.54 Å². The number of benzene rings is 1. The van der Waals surface area contributed by atoms with Crippen LogP contribution in [0.25, 0.3) is 0 Å². The number of nitrogens with two attached hydrogens (primary N) is 1. The fraction of sp³-hybridized carbons (Fsp3) is 0.538. The van der Waals surface area contributed by atoms with Crippen molar-refractivity contribution in [1.29, 1.82) is 0 Å². The first-order valence-electron chi connectivity index (χ1n) is 5.96. The average Bonchev–Trinajstić information content (AvgIpc) is 2.27. The van der Waals surface area contributed by atoms with E-state index in [2.05, 4.69) is 5.32 Å². The molecule has 0 atom stereocenters. The van der Waals surface area contributed by atoms with Crippen LogP contribution in [0.4, 0.5) is 8.78 Å². The molecule has 0 saturated heterocycles. The van der Waals surface area contributed by atoms with Gasteiger partial charge in [-0.2, -0.15) is 0 Å². The zero-order chi connectivity index (χ0) is 12.3. The van der Waals surface area contributed by atoms with Crippen LogP contribution in [0.15, 0.2) is 24.3 Å². The third kappa shape index (κ3) is 3.23. The van der Waals surface area contributed by atoms with Gasteiger partial charge in [-0.05, 0) is 24.8 Å². The number of hydrogen-bond donors (Lipinski definition) is 2. The predicted octanol–water partition coefficient (Wildman–Crippen LogP) is 2.60. The summed E-state index contributed by atoms with van der Waals surface area (Å²) in [6.45, 7) is 1.48. The summed E-state index contributed by atoms with van der Waals surface area (Å²) in [6.07, 6.45) is 0.968. The molecule has 4 heteroatoms. The van der Waals surface area contributed by atoms with Crippen LogP contribution in [0, 0.1) is 0 Å². The highest BCUT2D eigenvalue weighted by Crippen LogP contribution is 2.28. The maximum absolute atomic E-state index is 12.3. The van der Waals surface area contributed by atoms with E-state index in [4.69, 9.17) is 5.73 Å². The van der Waals surface area contributed by atoms with Crippen LogP contribution in [-0.4, -0.2) is 12.1 Å². The highest BCUT2D eigenvalue weighted by atomic mass is 19.3. The van der Waals surface area contributed by atoms with Crippen molar-refractivity contribution in [3.05, 3.63) is 35.4 Å². The van der Waals surface area contributed by atoms with E-state index in [1.54, 1.807) is 12.1 Å². The molecule has 0 amide bonds. The molecular formula is C13H18F2N2. The molecule has 1 aliphatic carbocycles. The Bertz CT molecular complexity index is 358. The Balaban J connectivity index is 1.79. The molecule has 1 aliphatic rings. The number of halogens is 2. The summed E-state index contributed by atoms with van der Waals surface area (Å²) in [5, 5.41) is 3.28. The number of rotatable bonds is 5. The van der Waals surface area contributed by atoms with Gasteiger partial charge in [0.25, 0.3) is 6.43 Å². The van der Waals surface area contributed by atoms with Crippen LogP contribution in [0.5, 0.6) is 0 Å². The van der Waals surface area contributed by atoms with Crippen molar-refractivity contribution in [3.63, 3.8) is 0 Å². The SMILES string of the molecule is NC1(CNCc2ccc(C(F)F)cc2)CCC1.